The number of imidazole rings is 1. The zero-order valence-electron chi connectivity index (χ0n) is 13.1. The van der Waals surface area contributed by atoms with E-state index in [9.17, 15) is 0 Å². The van der Waals surface area contributed by atoms with E-state index in [1.54, 1.807) is 4.68 Å². The summed E-state index contributed by atoms with van der Waals surface area (Å²) in [6.45, 7) is 2.09. The Labute approximate surface area is 133 Å². The zero-order chi connectivity index (χ0) is 15.4. The number of hydrogen-bond acceptors (Lipinski definition) is 5. The minimum Gasteiger partial charge on any atom is -0.365 e. The molecular formula is C16H19N7. The number of nitrogens with one attached hydrogen (secondary N) is 1. The Hall–Kier alpha value is -2.41. The van der Waals surface area contributed by atoms with Crippen LogP contribution in [0.15, 0.2) is 30.9 Å². The third kappa shape index (κ3) is 2.11. The molecule has 1 N–H and O–H groups in total. The first-order chi connectivity index (χ1) is 11.3. The van der Waals surface area contributed by atoms with E-state index in [-0.39, 0.29) is 0 Å². The Morgan fingerprint density at radius 3 is 2.70 bits per heavy atom. The third-order valence-electron chi connectivity index (χ3n) is 4.90. The summed E-state index contributed by atoms with van der Waals surface area (Å²) < 4.78 is 3.67. The summed E-state index contributed by atoms with van der Waals surface area (Å²) in [5, 5.41) is 12.3. The fraction of sp³-hybridized carbons (Fsp3) is 0.438. The van der Waals surface area contributed by atoms with Gasteiger partial charge in [-0.2, -0.15) is 10.2 Å². The molecule has 2 unspecified atom stereocenters. The van der Waals surface area contributed by atoms with Gasteiger partial charge < -0.3 is 10.2 Å². The highest BCUT2D eigenvalue weighted by molar-refractivity contribution is 5.72. The van der Waals surface area contributed by atoms with Crippen LogP contribution in [-0.4, -0.2) is 49.6 Å². The van der Waals surface area contributed by atoms with Gasteiger partial charge in [0.05, 0.1) is 30.0 Å². The van der Waals surface area contributed by atoms with Crippen LogP contribution in [0.4, 0.5) is 5.69 Å². The summed E-state index contributed by atoms with van der Waals surface area (Å²) in [6, 6.07) is 3.30. The molecule has 7 nitrogen and oxygen atoms in total. The SMILES string of the molecule is Cn1cc(-c2cn3nccc(N4CC5CCC(C4)N5)c3n2)cn1. The standard InChI is InChI=1S/C16H19N7/c1-21-7-11(6-18-21)14-10-23-16(20-14)15(4-5-17-23)22-8-12-2-3-13(9-22)19-12/h4-7,10,12-13,19H,2-3,8-9H2,1H3. The predicted octanol–water partition coefficient (Wildman–Crippen LogP) is 1.07. The van der Waals surface area contributed by atoms with Crippen LogP contribution in [-0.2, 0) is 7.05 Å². The summed E-state index contributed by atoms with van der Waals surface area (Å²) >= 11 is 0. The summed E-state index contributed by atoms with van der Waals surface area (Å²) in [4.78, 5) is 7.28. The van der Waals surface area contributed by atoms with Crippen LogP contribution in [0, 0.1) is 0 Å². The summed E-state index contributed by atoms with van der Waals surface area (Å²) in [7, 11) is 1.92. The zero-order valence-corrected chi connectivity index (χ0v) is 13.1. The van der Waals surface area contributed by atoms with Crippen molar-refractivity contribution in [3.63, 3.8) is 0 Å². The van der Waals surface area contributed by atoms with Gasteiger partial charge in [-0.3, -0.25) is 4.68 Å². The smallest absolute Gasteiger partial charge is 0.177 e. The summed E-state index contributed by atoms with van der Waals surface area (Å²) in [5.41, 5.74) is 4.03. The van der Waals surface area contributed by atoms with E-state index in [4.69, 9.17) is 4.98 Å². The molecule has 2 fully saturated rings. The summed E-state index contributed by atoms with van der Waals surface area (Å²) in [6.07, 6.45) is 10.2. The van der Waals surface area contributed by atoms with Crippen molar-refractivity contribution in [1.29, 1.82) is 0 Å². The molecule has 0 spiro atoms. The number of hydrogen-bond donors (Lipinski definition) is 1. The van der Waals surface area contributed by atoms with Crippen LogP contribution in [0.1, 0.15) is 12.8 Å². The molecule has 0 saturated carbocycles. The van der Waals surface area contributed by atoms with Gasteiger partial charge in [0.15, 0.2) is 5.65 Å². The molecule has 2 bridgehead atoms. The molecule has 23 heavy (non-hydrogen) atoms. The number of aromatic nitrogens is 5. The van der Waals surface area contributed by atoms with Gasteiger partial charge in [-0.05, 0) is 18.9 Å². The Bertz CT molecular complexity index is 852. The lowest BCUT2D eigenvalue weighted by Gasteiger charge is -2.34. The van der Waals surface area contributed by atoms with Crippen LogP contribution in [0.2, 0.25) is 0 Å². The van der Waals surface area contributed by atoms with E-state index in [0.717, 1.165) is 30.0 Å². The van der Waals surface area contributed by atoms with E-state index >= 15 is 0 Å². The fourth-order valence-corrected chi connectivity index (χ4v) is 3.82. The first-order valence-corrected chi connectivity index (χ1v) is 8.11. The van der Waals surface area contributed by atoms with Crippen molar-refractivity contribution < 1.29 is 0 Å². The number of nitrogens with zero attached hydrogens (tertiary/aromatic N) is 6. The normalized spacial score (nSPS) is 23.8. The Morgan fingerprint density at radius 1 is 1.13 bits per heavy atom. The maximum Gasteiger partial charge on any atom is 0.177 e. The van der Waals surface area contributed by atoms with Crippen LogP contribution in [0.25, 0.3) is 16.9 Å². The van der Waals surface area contributed by atoms with E-state index in [1.807, 2.05) is 36.4 Å². The molecule has 0 amide bonds. The van der Waals surface area contributed by atoms with Gasteiger partial charge in [0.2, 0.25) is 0 Å². The number of aryl methyl sites for hydroxylation is 1. The lowest BCUT2D eigenvalue weighted by molar-refractivity contribution is 0.466. The first-order valence-electron chi connectivity index (χ1n) is 8.11. The van der Waals surface area contributed by atoms with E-state index in [2.05, 4.69) is 26.5 Å². The number of piperazine rings is 1. The second-order valence-electron chi connectivity index (χ2n) is 6.56. The quantitative estimate of drug-likeness (QED) is 0.767. The average molecular weight is 309 g/mol. The van der Waals surface area contributed by atoms with Crippen LogP contribution >= 0.6 is 0 Å². The largest absolute Gasteiger partial charge is 0.365 e. The molecular weight excluding hydrogens is 290 g/mol. The highest BCUT2D eigenvalue weighted by Crippen LogP contribution is 2.29. The molecule has 0 aliphatic carbocycles. The third-order valence-corrected chi connectivity index (χ3v) is 4.90. The molecule has 3 aromatic rings. The monoisotopic (exact) mass is 309 g/mol. The molecule has 2 aliphatic rings. The van der Waals surface area contributed by atoms with Crippen molar-refractivity contribution in [3.8, 4) is 11.3 Å². The van der Waals surface area contributed by atoms with Gasteiger partial charge >= 0.3 is 0 Å². The minimum absolute atomic E-state index is 0.606. The Morgan fingerprint density at radius 2 is 1.96 bits per heavy atom. The fourth-order valence-electron chi connectivity index (χ4n) is 3.82. The van der Waals surface area contributed by atoms with Crippen molar-refractivity contribution in [2.24, 2.45) is 7.05 Å². The molecule has 5 heterocycles. The van der Waals surface area contributed by atoms with Gasteiger partial charge in [0.25, 0.3) is 0 Å². The lowest BCUT2D eigenvalue weighted by Crippen LogP contribution is -2.51. The minimum atomic E-state index is 0.606. The maximum atomic E-state index is 4.83. The first kappa shape index (κ1) is 13.1. The van der Waals surface area contributed by atoms with Gasteiger partial charge in [-0.15, -0.1) is 0 Å². The van der Waals surface area contributed by atoms with Crippen LogP contribution in [0.3, 0.4) is 0 Å². The topological polar surface area (TPSA) is 63.3 Å². The highest BCUT2D eigenvalue weighted by Gasteiger charge is 2.33. The second kappa shape index (κ2) is 4.79. The maximum absolute atomic E-state index is 4.83. The predicted molar refractivity (Wildman–Crippen MR) is 87.3 cm³/mol. The molecule has 5 rings (SSSR count). The highest BCUT2D eigenvalue weighted by atomic mass is 15.3. The van der Waals surface area contributed by atoms with Gasteiger partial charge in [-0.1, -0.05) is 0 Å². The van der Waals surface area contributed by atoms with Gasteiger partial charge in [0.1, 0.15) is 0 Å². The molecule has 0 aromatic carbocycles. The average Bonchev–Trinajstić information content (AvgIpc) is 3.25. The molecule has 7 heteroatoms. The number of anilines is 1. The molecule has 118 valence electrons. The van der Waals surface area contributed by atoms with Gasteiger partial charge in [-0.25, -0.2) is 9.50 Å². The Kier molecular flexibility index (Phi) is 2.72. The van der Waals surface area contributed by atoms with Crippen molar-refractivity contribution in [1.82, 2.24) is 29.7 Å². The van der Waals surface area contributed by atoms with Crippen molar-refractivity contribution >= 4 is 11.3 Å². The summed E-state index contributed by atoms with van der Waals surface area (Å²) in [5.74, 6) is 0. The van der Waals surface area contributed by atoms with E-state index in [1.165, 1.54) is 18.5 Å². The van der Waals surface area contributed by atoms with E-state index in [0.29, 0.717) is 12.1 Å². The molecule has 2 atom stereocenters. The molecule has 2 saturated heterocycles. The lowest BCUT2D eigenvalue weighted by atomic mass is 10.2. The van der Waals surface area contributed by atoms with Crippen molar-refractivity contribution in [3.05, 3.63) is 30.9 Å². The number of rotatable bonds is 2. The number of fused-ring (bicyclic) bond motifs is 3. The molecule has 2 aliphatic heterocycles. The van der Waals surface area contributed by atoms with E-state index < -0.39 is 0 Å². The van der Waals surface area contributed by atoms with Crippen LogP contribution in [0.5, 0.6) is 0 Å². The van der Waals surface area contributed by atoms with Crippen LogP contribution < -0.4 is 10.2 Å². The Balaban J connectivity index is 1.58. The molecule has 3 aromatic heterocycles. The van der Waals surface area contributed by atoms with Crippen molar-refractivity contribution in [2.75, 3.05) is 18.0 Å². The van der Waals surface area contributed by atoms with Gasteiger partial charge in [0, 0.05) is 44.0 Å². The van der Waals surface area contributed by atoms with Crippen molar-refractivity contribution in [2.45, 2.75) is 24.9 Å². The molecule has 0 radical (unpaired) electrons. The second-order valence-corrected chi connectivity index (χ2v) is 6.56.